The average molecular weight is 345 g/mol. The minimum absolute atomic E-state index is 0.418. The summed E-state index contributed by atoms with van der Waals surface area (Å²) in [7, 11) is 1.33. The van der Waals surface area contributed by atoms with Crippen molar-refractivity contribution >= 4 is 46.5 Å². The molecule has 0 heterocycles. The number of halogens is 3. The van der Waals surface area contributed by atoms with Crippen molar-refractivity contribution in [2.45, 2.75) is 6.54 Å². The van der Waals surface area contributed by atoms with Crippen LogP contribution in [-0.4, -0.2) is 13.1 Å². The molecule has 0 unspecified atom stereocenters. The summed E-state index contributed by atoms with van der Waals surface area (Å²) in [5, 5.41) is 4.62. The van der Waals surface area contributed by atoms with Gasteiger partial charge in [-0.25, -0.2) is 4.79 Å². The van der Waals surface area contributed by atoms with E-state index < -0.39 is 5.97 Å². The normalized spacial score (nSPS) is 10.3. The molecule has 0 aliphatic carbocycles. The van der Waals surface area contributed by atoms with Crippen LogP contribution in [0.25, 0.3) is 0 Å². The Morgan fingerprint density at radius 1 is 1.14 bits per heavy atom. The molecule has 0 bridgehead atoms. The minimum Gasteiger partial charge on any atom is -0.465 e. The van der Waals surface area contributed by atoms with Gasteiger partial charge in [0.15, 0.2) is 0 Å². The van der Waals surface area contributed by atoms with Crippen LogP contribution in [0.15, 0.2) is 36.4 Å². The van der Waals surface area contributed by atoms with Gasteiger partial charge in [-0.3, -0.25) is 0 Å². The molecule has 2 aromatic carbocycles. The molecule has 0 fully saturated rings. The van der Waals surface area contributed by atoms with E-state index in [4.69, 9.17) is 34.8 Å². The fraction of sp³-hybridized carbons (Fsp3) is 0.133. The van der Waals surface area contributed by atoms with Crippen molar-refractivity contribution in [3.05, 3.63) is 62.6 Å². The number of hydrogen-bond donors (Lipinski definition) is 1. The number of nitrogens with one attached hydrogen (secondary N) is 1. The standard InChI is InChI=1S/C15H12Cl3NO2/c1-21-15(20)9-5-6-11(16)13(7-9)19-8-10-3-2-4-12(17)14(10)18/h2-7,19H,8H2,1H3. The van der Waals surface area contributed by atoms with Gasteiger partial charge in [0, 0.05) is 6.54 Å². The van der Waals surface area contributed by atoms with Crippen molar-refractivity contribution < 1.29 is 9.53 Å². The quantitative estimate of drug-likeness (QED) is 0.789. The van der Waals surface area contributed by atoms with E-state index in [0.29, 0.717) is 32.9 Å². The summed E-state index contributed by atoms with van der Waals surface area (Å²) in [4.78, 5) is 11.5. The highest BCUT2D eigenvalue weighted by molar-refractivity contribution is 6.42. The highest BCUT2D eigenvalue weighted by atomic mass is 35.5. The van der Waals surface area contributed by atoms with Crippen LogP contribution in [0.4, 0.5) is 5.69 Å². The summed E-state index contributed by atoms with van der Waals surface area (Å²) < 4.78 is 4.68. The van der Waals surface area contributed by atoms with Crippen molar-refractivity contribution in [2.24, 2.45) is 0 Å². The van der Waals surface area contributed by atoms with E-state index in [2.05, 4.69) is 10.1 Å². The zero-order chi connectivity index (χ0) is 15.4. The second kappa shape index (κ2) is 7.03. The summed E-state index contributed by atoms with van der Waals surface area (Å²) in [6.07, 6.45) is 0. The smallest absolute Gasteiger partial charge is 0.337 e. The number of hydrogen-bond acceptors (Lipinski definition) is 3. The maximum absolute atomic E-state index is 11.5. The Bertz CT molecular complexity index is 674. The minimum atomic E-state index is -0.421. The van der Waals surface area contributed by atoms with Gasteiger partial charge in [-0.05, 0) is 29.8 Å². The van der Waals surface area contributed by atoms with Crippen LogP contribution in [0.2, 0.25) is 15.1 Å². The lowest BCUT2D eigenvalue weighted by Crippen LogP contribution is -2.05. The van der Waals surface area contributed by atoms with Crippen LogP contribution in [-0.2, 0) is 11.3 Å². The predicted octanol–water partition coefficient (Wildman–Crippen LogP) is 5.05. The van der Waals surface area contributed by atoms with Gasteiger partial charge in [0.1, 0.15) is 0 Å². The van der Waals surface area contributed by atoms with Gasteiger partial charge in [0.2, 0.25) is 0 Å². The molecular weight excluding hydrogens is 333 g/mol. The topological polar surface area (TPSA) is 38.3 Å². The number of rotatable bonds is 4. The molecule has 2 rings (SSSR count). The van der Waals surface area contributed by atoms with Crippen molar-refractivity contribution in [3.8, 4) is 0 Å². The molecule has 0 aliphatic heterocycles. The molecule has 0 spiro atoms. The second-order valence-corrected chi connectivity index (χ2v) is 5.45. The predicted molar refractivity (Wildman–Crippen MR) is 86.6 cm³/mol. The molecule has 0 aliphatic rings. The van der Waals surface area contributed by atoms with Gasteiger partial charge in [-0.1, -0.05) is 46.9 Å². The lowest BCUT2D eigenvalue weighted by molar-refractivity contribution is 0.0601. The molecule has 6 heteroatoms. The van der Waals surface area contributed by atoms with E-state index in [1.54, 1.807) is 24.3 Å². The third kappa shape index (κ3) is 3.82. The number of carbonyl (C=O) groups is 1. The first-order valence-corrected chi connectivity index (χ1v) is 7.21. The second-order valence-electron chi connectivity index (χ2n) is 4.25. The zero-order valence-electron chi connectivity index (χ0n) is 11.1. The molecule has 0 radical (unpaired) electrons. The Labute approximate surface area is 137 Å². The zero-order valence-corrected chi connectivity index (χ0v) is 13.4. The largest absolute Gasteiger partial charge is 0.465 e. The SMILES string of the molecule is COC(=O)c1ccc(Cl)c(NCc2cccc(Cl)c2Cl)c1. The summed E-state index contributed by atoms with van der Waals surface area (Å²) in [6.45, 7) is 0.434. The Hall–Kier alpha value is -1.42. The maximum atomic E-state index is 11.5. The van der Waals surface area contributed by atoms with E-state index in [-0.39, 0.29) is 0 Å². The highest BCUT2D eigenvalue weighted by Gasteiger charge is 2.10. The van der Waals surface area contributed by atoms with Crippen LogP contribution in [0.3, 0.4) is 0 Å². The molecular formula is C15H12Cl3NO2. The molecule has 1 N–H and O–H groups in total. The molecule has 2 aromatic rings. The molecule has 0 aromatic heterocycles. The monoisotopic (exact) mass is 343 g/mol. The Morgan fingerprint density at radius 2 is 1.90 bits per heavy atom. The van der Waals surface area contributed by atoms with Crippen molar-refractivity contribution in [1.29, 1.82) is 0 Å². The average Bonchev–Trinajstić information content (AvgIpc) is 2.49. The fourth-order valence-electron chi connectivity index (χ4n) is 1.78. The van der Waals surface area contributed by atoms with E-state index in [1.807, 2.05) is 12.1 Å². The summed E-state index contributed by atoms with van der Waals surface area (Å²) in [5.41, 5.74) is 1.88. The number of anilines is 1. The molecule has 3 nitrogen and oxygen atoms in total. The van der Waals surface area contributed by atoms with Crippen LogP contribution in [0.5, 0.6) is 0 Å². The van der Waals surface area contributed by atoms with Gasteiger partial charge >= 0.3 is 5.97 Å². The first-order valence-electron chi connectivity index (χ1n) is 6.07. The van der Waals surface area contributed by atoms with Gasteiger partial charge < -0.3 is 10.1 Å². The number of benzene rings is 2. The number of carbonyl (C=O) groups excluding carboxylic acids is 1. The lowest BCUT2D eigenvalue weighted by atomic mass is 10.2. The Kier molecular flexibility index (Phi) is 5.34. The van der Waals surface area contributed by atoms with E-state index in [0.717, 1.165) is 5.56 Å². The van der Waals surface area contributed by atoms with Crippen molar-refractivity contribution in [2.75, 3.05) is 12.4 Å². The summed E-state index contributed by atoms with van der Waals surface area (Å²) >= 11 is 18.2. The fourth-order valence-corrected chi connectivity index (χ4v) is 2.35. The van der Waals surface area contributed by atoms with Crippen molar-refractivity contribution in [3.63, 3.8) is 0 Å². The number of methoxy groups -OCH3 is 1. The van der Waals surface area contributed by atoms with Crippen LogP contribution < -0.4 is 5.32 Å². The molecule has 0 saturated heterocycles. The Morgan fingerprint density at radius 3 is 2.62 bits per heavy atom. The molecule has 0 atom stereocenters. The van der Waals surface area contributed by atoms with Crippen LogP contribution in [0, 0.1) is 0 Å². The molecule has 0 saturated carbocycles. The molecule has 0 amide bonds. The molecule has 110 valence electrons. The number of esters is 1. The third-order valence-corrected chi connectivity index (χ3v) is 4.08. The third-order valence-electron chi connectivity index (χ3n) is 2.89. The van der Waals surface area contributed by atoms with Crippen LogP contribution >= 0.6 is 34.8 Å². The van der Waals surface area contributed by atoms with E-state index in [9.17, 15) is 4.79 Å². The van der Waals surface area contributed by atoms with Crippen LogP contribution in [0.1, 0.15) is 15.9 Å². The summed E-state index contributed by atoms with van der Waals surface area (Å²) in [5.74, 6) is -0.421. The van der Waals surface area contributed by atoms with Gasteiger partial charge in [0.25, 0.3) is 0 Å². The van der Waals surface area contributed by atoms with E-state index in [1.165, 1.54) is 7.11 Å². The van der Waals surface area contributed by atoms with Crippen molar-refractivity contribution in [1.82, 2.24) is 0 Å². The van der Waals surface area contributed by atoms with Gasteiger partial charge in [-0.15, -0.1) is 0 Å². The maximum Gasteiger partial charge on any atom is 0.337 e. The lowest BCUT2D eigenvalue weighted by Gasteiger charge is -2.11. The summed E-state index contributed by atoms with van der Waals surface area (Å²) in [6, 6.07) is 10.3. The first kappa shape index (κ1) is 16.0. The first-order chi connectivity index (χ1) is 10.0. The van der Waals surface area contributed by atoms with E-state index >= 15 is 0 Å². The van der Waals surface area contributed by atoms with Gasteiger partial charge in [-0.2, -0.15) is 0 Å². The Balaban J connectivity index is 2.19. The highest BCUT2D eigenvalue weighted by Crippen LogP contribution is 2.28. The number of ether oxygens (including phenoxy) is 1. The molecule has 21 heavy (non-hydrogen) atoms. The van der Waals surface area contributed by atoms with Gasteiger partial charge in [0.05, 0.1) is 33.4 Å².